The van der Waals surface area contributed by atoms with E-state index < -0.39 is 0 Å². The summed E-state index contributed by atoms with van der Waals surface area (Å²) in [6, 6.07) is 0. The van der Waals surface area contributed by atoms with Gasteiger partial charge in [0, 0.05) is 19.4 Å². The first-order valence-electron chi connectivity index (χ1n) is 20.3. The smallest absolute Gasteiger partial charge is 0.168 e. The molecule has 0 aromatic rings. The van der Waals surface area contributed by atoms with Gasteiger partial charge in [-0.05, 0) is 97.6 Å². The molecule has 1 heterocycles. The summed E-state index contributed by atoms with van der Waals surface area (Å²) in [5.74, 6) is -0.347. The minimum atomic E-state index is -0.347. The van der Waals surface area contributed by atoms with E-state index in [-0.39, 0.29) is 11.9 Å². The zero-order valence-corrected chi connectivity index (χ0v) is 31.9. The number of allylic oxidation sites excluding steroid dienone is 10. The topological polar surface area (TPSA) is 21.7 Å². The van der Waals surface area contributed by atoms with Crippen LogP contribution in [-0.2, 0) is 9.47 Å². The Bertz CT molecular complexity index is 810. The maximum absolute atomic E-state index is 6.66. The second-order valence-corrected chi connectivity index (χ2v) is 14.3. The van der Waals surface area contributed by atoms with Gasteiger partial charge in [0.2, 0.25) is 0 Å². The Morgan fingerprint density at radius 3 is 1.57 bits per heavy atom. The van der Waals surface area contributed by atoms with Gasteiger partial charge in [-0.25, -0.2) is 0 Å². The standard InChI is InChI=1S/C44H79NO2/c1-5-7-9-11-13-15-17-19-21-22-23-25-27-29-31-33-35-37-40-44(46-42-43(47-44)38-41-45(3)4)39-36-34-32-30-28-26-24-20-18-16-14-12-10-8-6-2/h16-20,22-24,28,30,43H,5-15,21,25-27,29,31-42H2,1-4H3/b18-16+,19-17-,23-22-,24-20-,30-28-. The van der Waals surface area contributed by atoms with Crippen LogP contribution in [0.5, 0.6) is 0 Å². The van der Waals surface area contributed by atoms with Crippen molar-refractivity contribution in [3.63, 3.8) is 0 Å². The fourth-order valence-electron chi connectivity index (χ4n) is 6.25. The van der Waals surface area contributed by atoms with E-state index in [1.54, 1.807) is 0 Å². The van der Waals surface area contributed by atoms with Crippen LogP contribution in [0.1, 0.15) is 181 Å². The predicted molar refractivity (Wildman–Crippen MR) is 209 cm³/mol. The van der Waals surface area contributed by atoms with Crippen molar-refractivity contribution in [2.45, 2.75) is 193 Å². The third kappa shape index (κ3) is 28.2. The van der Waals surface area contributed by atoms with Gasteiger partial charge >= 0.3 is 0 Å². The fraction of sp³-hybridized carbons (Fsp3) is 0.773. The molecule has 0 bridgehead atoms. The van der Waals surface area contributed by atoms with Crippen molar-refractivity contribution < 1.29 is 9.47 Å². The summed E-state index contributed by atoms with van der Waals surface area (Å²) in [5, 5.41) is 0. The Labute approximate surface area is 294 Å². The number of hydrogen-bond donors (Lipinski definition) is 0. The van der Waals surface area contributed by atoms with Gasteiger partial charge in [-0.3, -0.25) is 0 Å². The van der Waals surface area contributed by atoms with E-state index in [2.05, 4.69) is 93.6 Å². The van der Waals surface area contributed by atoms with Crippen LogP contribution in [0.25, 0.3) is 0 Å². The Kier molecular flexibility index (Phi) is 30.7. The molecule has 0 N–H and O–H groups in total. The van der Waals surface area contributed by atoms with Crippen molar-refractivity contribution in [2.24, 2.45) is 0 Å². The molecule has 272 valence electrons. The van der Waals surface area contributed by atoms with E-state index in [0.717, 1.165) is 51.7 Å². The van der Waals surface area contributed by atoms with Gasteiger partial charge in [-0.1, -0.05) is 145 Å². The Morgan fingerprint density at radius 2 is 0.979 bits per heavy atom. The SMILES string of the molecule is CCCCCC/C=C/C=C\C/C=C\CCCCC1(CCCCCCCC/C=C\C/C=C\CCCCCCC)OCC(CCN(C)C)O1. The normalized spacial score (nSPS) is 19.0. The van der Waals surface area contributed by atoms with Crippen LogP contribution in [0.3, 0.4) is 0 Å². The first-order chi connectivity index (χ1) is 23.1. The number of rotatable bonds is 33. The van der Waals surface area contributed by atoms with Crippen LogP contribution >= 0.6 is 0 Å². The lowest BCUT2D eigenvalue weighted by molar-refractivity contribution is -0.180. The number of hydrogen-bond acceptors (Lipinski definition) is 3. The van der Waals surface area contributed by atoms with E-state index in [1.165, 1.54) is 128 Å². The second kappa shape index (κ2) is 33.1. The van der Waals surface area contributed by atoms with Crippen molar-refractivity contribution in [3.05, 3.63) is 60.8 Å². The maximum Gasteiger partial charge on any atom is 0.168 e. The highest BCUT2D eigenvalue weighted by Gasteiger charge is 2.40. The van der Waals surface area contributed by atoms with Crippen LogP contribution in [0.2, 0.25) is 0 Å². The maximum atomic E-state index is 6.66. The summed E-state index contributed by atoms with van der Waals surface area (Å²) >= 11 is 0. The largest absolute Gasteiger partial charge is 0.347 e. The average molecular weight is 654 g/mol. The van der Waals surface area contributed by atoms with Gasteiger partial charge in [0.15, 0.2) is 5.79 Å². The molecule has 3 heteroatoms. The molecule has 3 nitrogen and oxygen atoms in total. The molecule has 1 saturated heterocycles. The van der Waals surface area contributed by atoms with Crippen molar-refractivity contribution in [1.82, 2.24) is 4.90 Å². The van der Waals surface area contributed by atoms with Crippen LogP contribution in [0.15, 0.2) is 60.8 Å². The predicted octanol–water partition coefficient (Wildman–Crippen LogP) is 13.6. The highest BCUT2D eigenvalue weighted by Crippen LogP contribution is 2.35. The molecule has 0 aromatic heterocycles. The minimum absolute atomic E-state index is 0.244. The van der Waals surface area contributed by atoms with E-state index >= 15 is 0 Å². The summed E-state index contributed by atoms with van der Waals surface area (Å²) < 4.78 is 13.1. The average Bonchev–Trinajstić information content (AvgIpc) is 3.48. The first kappa shape index (κ1) is 43.6. The second-order valence-electron chi connectivity index (χ2n) is 14.3. The molecule has 0 saturated carbocycles. The van der Waals surface area contributed by atoms with Crippen LogP contribution in [0.4, 0.5) is 0 Å². The van der Waals surface area contributed by atoms with Crippen molar-refractivity contribution in [1.29, 1.82) is 0 Å². The third-order valence-electron chi connectivity index (χ3n) is 9.30. The van der Waals surface area contributed by atoms with Crippen LogP contribution in [-0.4, -0.2) is 44.0 Å². The van der Waals surface area contributed by atoms with E-state index in [1.807, 2.05) is 0 Å². The molecule has 0 radical (unpaired) electrons. The lowest BCUT2D eigenvalue weighted by Crippen LogP contribution is -2.31. The Morgan fingerprint density at radius 1 is 0.532 bits per heavy atom. The Balaban J connectivity index is 2.19. The summed E-state index contributed by atoms with van der Waals surface area (Å²) in [6.45, 7) is 6.37. The van der Waals surface area contributed by atoms with Crippen molar-refractivity contribution in [2.75, 3.05) is 27.2 Å². The lowest BCUT2D eigenvalue weighted by Gasteiger charge is -2.28. The number of unbranched alkanes of at least 4 members (excludes halogenated alkanes) is 17. The molecule has 0 aliphatic carbocycles. The molecular weight excluding hydrogens is 574 g/mol. The quantitative estimate of drug-likeness (QED) is 0.0400. The highest BCUT2D eigenvalue weighted by atomic mass is 16.7. The van der Waals surface area contributed by atoms with E-state index in [0.29, 0.717) is 0 Å². The van der Waals surface area contributed by atoms with E-state index in [4.69, 9.17) is 9.47 Å². The van der Waals surface area contributed by atoms with Crippen molar-refractivity contribution >= 4 is 0 Å². The van der Waals surface area contributed by atoms with Gasteiger partial charge in [-0.2, -0.15) is 0 Å². The monoisotopic (exact) mass is 654 g/mol. The molecule has 2 atom stereocenters. The van der Waals surface area contributed by atoms with Gasteiger partial charge in [0.05, 0.1) is 12.7 Å². The van der Waals surface area contributed by atoms with Crippen LogP contribution in [0, 0.1) is 0 Å². The van der Waals surface area contributed by atoms with E-state index in [9.17, 15) is 0 Å². The summed E-state index contributed by atoms with van der Waals surface area (Å²) in [4.78, 5) is 2.25. The molecule has 0 aromatic carbocycles. The zero-order chi connectivity index (χ0) is 33.9. The lowest BCUT2D eigenvalue weighted by atomic mass is 9.99. The highest BCUT2D eigenvalue weighted by molar-refractivity contribution is 5.04. The Hall–Kier alpha value is -1.42. The molecular formula is C44H79NO2. The molecule has 47 heavy (non-hydrogen) atoms. The summed E-state index contributed by atoms with van der Waals surface area (Å²) in [6.07, 6.45) is 55.9. The van der Waals surface area contributed by atoms with Gasteiger partial charge in [-0.15, -0.1) is 0 Å². The minimum Gasteiger partial charge on any atom is -0.347 e. The zero-order valence-electron chi connectivity index (χ0n) is 31.9. The molecule has 1 fully saturated rings. The molecule has 0 spiro atoms. The summed E-state index contributed by atoms with van der Waals surface area (Å²) in [5.41, 5.74) is 0. The molecule has 1 aliphatic heterocycles. The first-order valence-corrected chi connectivity index (χ1v) is 20.3. The molecule has 1 rings (SSSR count). The van der Waals surface area contributed by atoms with Crippen LogP contribution < -0.4 is 0 Å². The summed E-state index contributed by atoms with van der Waals surface area (Å²) in [7, 11) is 4.29. The molecule has 0 amide bonds. The number of ether oxygens (including phenoxy) is 2. The molecule has 1 aliphatic rings. The molecule has 2 unspecified atom stereocenters. The van der Waals surface area contributed by atoms with Gasteiger partial charge in [0.25, 0.3) is 0 Å². The van der Waals surface area contributed by atoms with Gasteiger partial charge in [0.1, 0.15) is 0 Å². The number of nitrogens with zero attached hydrogens (tertiary/aromatic N) is 1. The van der Waals surface area contributed by atoms with Gasteiger partial charge < -0.3 is 14.4 Å². The van der Waals surface area contributed by atoms with Crippen molar-refractivity contribution in [3.8, 4) is 0 Å². The fourth-order valence-corrected chi connectivity index (χ4v) is 6.25. The third-order valence-corrected chi connectivity index (χ3v) is 9.30.